The lowest BCUT2D eigenvalue weighted by Crippen LogP contribution is -2.47. The zero-order chi connectivity index (χ0) is 32.1. The molecule has 2 N–H and O–H groups in total. The molecule has 0 aromatic heterocycles. The molecular weight excluding hydrogens is 562 g/mol. The second-order valence-electron chi connectivity index (χ2n) is 12.3. The highest BCUT2D eigenvalue weighted by molar-refractivity contribution is 7.89. The second kappa shape index (κ2) is 14.6. The highest BCUT2D eigenvalue weighted by atomic mass is 32.2. The summed E-state index contributed by atoms with van der Waals surface area (Å²) in [7, 11) is -4.10. The van der Waals surface area contributed by atoms with Crippen LogP contribution in [0.4, 0.5) is 0 Å². The van der Waals surface area contributed by atoms with E-state index in [1.807, 2.05) is 55.5 Å². The number of aryl methyl sites for hydroxylation is 3. The first-order valence-corrected chi connectivity index (χ1v) is 16.4. The minimum atomic E-state index is -4.10. The molecule has 0 aliphatic heterocycles. The average Bonchev–Trinajstić information content (AvgIpc) is 2.94. The molecule has 0 fully saturated rings. The number of aliphatic hydroxyl groups is 2. The van der Waals surface area contributed by atoms with E-state index in [1.165, 1.54) is 4.31 Å². The zero-order valence-electron chi connectivity index (χ0n) is 26.6. The zero-order valence-corrected chi connectivity index (χ0v) is 27.4. The number of carbonyl (C=O) groups is 1. The molecule has 3 rings (SSSR count). The number of sulfonamides is 1. The maximum absolute atomic E-state index is 14.6. The third kappa shape index (κ3) is 8.12. The number of nitrogens with zero attached hydrogens (tertiary/aromatic N) is 1. The minimum absolute atomic E-state index is 0.0463. The van der Waals surface area contributed by atoms with Gasteiger partial charge in [-0.3, -0.25) is 4.79 Å². The van der Waals surface area contributed by atoms with Gasteiger partial charge in [0.1, 0.15) is 12.0 Å². The lowest BCUT2D eigenvalue weighted by molar-refractivity contribution is -0.170. The van der Waals surface area contributed by atoms with Crippen LogP contribution < -0.4 is 0 Å². The maximum atomic E-state index is 14.6. The smallest absolute Gasteiger partial charge is 0.314 e. The molecular formula is C35H47NO6S. The molecule has 0 bridgehead atoms. The van der Waals surface area contributed by atoms with Gasteiger partial charge in [-0.2, -0.15) is 4.31 Å². The lowest BCUT2D eigenvalue weighted by atomic mass is 9.84. The van der Waals surface area contributed by atoms with Crippen molar-refractivity contribution in [2.75, 3.05) is 0 Å². The van der Waals surface area contributed by atoms with E-state index in [1.54, 1.807) is 72.7 Å². The van der Waals surface area contributed by atoms with E-state index in [9.17, 15) is 23.4 Å². The Morgan fingerprint density at radius 2 is 1.26 bits per heavy atom. The highest BCUT2D eigenvalue weighted by Gasteiger charge is 2.42. The predicted octanol–water partition coefficient (Wildman–Crippen LogP) is 6.13. The average molecular weight is 610 g/mol. The molecule has 0 aliphatic carbocycles. The summed E-state index contributed by atoms with van der Waals surface area (Å²) in [4.78, 5) is 14.1. The molecule has 0 amide bonds. The summed E-state index contributed by atoms with van der Waals surface area (Å²) in [5.74, 6) is -2.62. The monoisotopic (exact) mass is 609 g/mol. The molecule has 3 aromatic rings. The third-order valence-electron chi connectivity index (χ3n) is 7.99. The summed E-state index contributed by atoms with van der Waals surface area (Å²) in [5.41, 5.74) is 3.62. The Bertz CT molecular complexity index is 1420. The van der Waals surface area contributed by atoms with Crippen molar-refractivity contribution in [3.63, 3.8) is 0 Å². The topological polar surface area (TPSA) is 104 Å². The van der Waals surface area contributed by atoms with Crippen molar-refractivity contribution >= 4 is 16.0 Å². The van der Waals surface area contributed by atoms with Crippen molar-refractivity contribution in [1.82, 2.24) is 4.31 Å². The minimum Gasteiger partial charge on any atom is -0.455 e. The van der Waals surface area contributed by atoms with E-state index < -0.39 is 46.3 Å². The fourth-order valence-corrected chi connectivity index (χ4v) is 7.69. The summed E-state index contributed by atoms with van der Waals surface area (Å²) in [5, 5.41) is 22.0. The second-order valence-corrected chi connectivity index (χ2v) is 14.1. The molecule has 0 heterocycles. The Balaban J connectivity index is 2.17. The molecule has 8 heteroatoms. The molecule has 43 heavy (non-hydrogen) atoms. The van der Waals surface area contributed by atoms with E-state index in [2.05, 4.69) is 0 Å². The van der Waals surface area contributed by atoms with E-state index in [0.717, 1.165) is 11.1 Å². The fourth-order valence-electron chi connectivity index (χ4n) is 5.65. The SMILES string of the molecule is Cc1cc(C)c(S(=O)(=O)N(Cc2ccccc2)[C@H](C)[C@@H](OC(=O)C([C@@H](O)C(C)C)[C@@H](O)C(C)C)c2ccccc2)c(C)c1. The first kappa shape index (κ1) is 34.5. The van der Waals surface area contributed by atoms with Gasteiger partial charge in [0.25, 0.3) is 0 Å². The fraction of sp³-hybridized carbons (Fsp3) is 0.457. The van der Waals surface area contributed by atoms with Crippen molar-refractivity contribution < 1.29 is 28.2 Å². The number of carbonyl (C=O) groups excluding carboxylic acids is 1. The van der Waals surface area contributed by atoms with Gasteiger partial charge in [0.05, 0.1) is 23.1 Å². The van der Waals surface area contributed by atoms with Crippen molar-refractivity contribution in [3.8, 4) is 0 Å². The van der Waals surface area contributed by atoms with E-state index in [-0.39, 0.29) is 23.3 Å². The summed E-state index contributed by atoms with van der Waals surface area (Å²) >= 11 is 0. The normalized spacial score (nSPS) is 15.1. The Hall–Kier alpha value is -3.04. The molecule has 7 nitrogen and oxygen atoms in total. The Kier molecular flexibility index (Phi) is 11.7. The first-order valence-electron chi connectivity index (χ1n) is 14.9. The van der Waals surface area contributed by atoms with E-state index in [4.69, 9.17) is 4.74 Å². The van der Waals surface area contributed by atoms with Crippen LogP contribution in [0.5, 0.6) is 0 Å². The van der Waals surface area contributed by atoms with Gasteiger partial charge in [0.2, 0.25) is 10.0 Å². The molecule has 0 unspecified atom stereocenters. The quantitative estimate of drug-likeness (QED) is 0.226. The Morgan fingerprint density at radius 3 is 1.72 bits per heavy atom. The summed E-state index contributed by atoms with van der Waals surface area (Å²) in [6.45, 7) is 14.4. The van der Waals surface area contributed by atoms with Crippen molar-refractivity contribution in [1.29, 1.82) is 0 Å². The van der Waals surface area contributed by atoms with Crippen LogP contribution >= 0.6 is 0 Å². The van der Waals surface area contributed by atoms with Crippen LogP contribution in [-0.4, -0.2) is 47.2 Å². The number of hydrogen-bond donors (Lipinski definition) is 2. The first-order chi connectivity index (χ1) is 20.2. The molecule has 0 spiro atoms. The van der Waals surface area contributed by atoms with Crippen LogP contribution in [0.25, 0.3) is 0 Å². The number of ether oxygens (including phenoxy) is 1. The summed E-state index contributed by atoms with van der Waals surface area (Å²) < 4.78 is 36.7. The van der Waals surface area contributed by atoms with E-state index >= 15 is 0 Å². The van der Waals surface area contributed by atoms with Crippen molar-refractivity contribution in [3.05, 3.63) is 101 Å². The van der Waals surface area contributed by atoms with Crippen molar-refractivity contribution in [2.45, 2.75) is 91.2 Å². The third-order valence-corrected chi connectivity index (χ3v) is 10.2. The number of esters is 1. The van der Waals surface area contributed by atoms with Gasteiger partial charge < -0.3 is 14.9 Å². The van der Waals surface area contributed by atoms with Crippen LogP contribution in [-0.2, 0) is 26.1 Å². The predicted molar refractivity (Wildman–Crippen MR) is 170 cm³/mol. The molecule has 0 radical (unpaired) electrons. The van der Waals surface area contributed by atoms with Gasteiger partial charge in [-0.25, -0.2) is 8.42 Å². The largest absolute Gasteiger partial charge is 0.455 e. The lowest BCUT2D eigenvalue weighted by Gasteiger charge is -2.37. The van der Waals surface area contributed by atoms with Gasteiger partial charge in [-0.1, -0.05) is 106 Å². The van der Waals surface area contributed by atoms with Gasteiger partial charge in [-0.15, -0.1) is 0 Å². The van der Waals surface area contributed by atoms with Gasteiger partial charge in [0.15, 0.2) is 0 Å². The molecule has 234 valence electrons. The van der Waals surface area contributed by atoms with E-state index in [0.29, 0.717) is 16.7 Å². The van der Waals surface area contributed by atoms with Gasteiger partial charge in [0, 0.05) is 6.54 Å². The number of hydrogen-bond acceptors (Lipinski definition) is 6. The highest BCUT2D eigenvalue weighted by Crippen LogP contribution is 2.35. The molecule has 4 atom stereocenters. The maximum Gasteiger partial charge on any atom is 0.314 e. The summed E-state index contributed by atoms with van der Waals surface area (Å²) in [6, 6.07) is 21.2. The summed E-state index contributed by atoms with van der Waals surface area (Å²) in [6.07, 6.45) is -3.34. The Labute approximate surface area is 257 Å². The molecule has 3 aromatic carbocycles. The van der Waals surface area contributed by atoms with Crippen LogP contribution in [0, 0.1) is 38.5 Å². The van der Waals surface area contributed by atoms with Crippen LogP contribution in [0.15, 0.2) is 77.7 Å². The molecule has 0 saturated heterocycles. The van der Waals surface area contributed by atoms with Crippen molar-refractivity contribution in [2.24, 2.45) is 17.8 Å². The van der Waals surface area contributed by atoms with Gasteiger partial charge in [-0.05, 0) is 61.8 Å². The standard InChI is InChI=1S/C35H47NO6S/c1-22(2)31(37)30(32(38)23(3)4)35(39)42-33(29-17-13-10-14-18-29)27(8)36(21-28-15-11-9-12-16-28)43(40,41)34-25(6)19-24(5)20-26(34)7/h9-20,22-23,27,30-33,37-38H,21H2,1-8H3/t27-,31+,32+,33-/m1/s1. The van der Waals surface area contributed by atoms with Crippen LogP contribution in [0.1, 0.15) is 68.5 Å². The Morgan fingerprint density at radius 1 is 0.791 bits per heavy atom. The molecule has 0 saturated carbocycles. The van der Waals surface area contributed by atoms with Crippen LogP contribution in [0.2, 0.25) is 0 Å². The van der Waals surface area contributed by atoms with Crippen LogP contribution in [0.3, 0.4) is 0 Å². The van der Waals surface area contributed by atoms with Gasteiger partial charge >= 0.3 is 5.97 Å². The molecule has 0 aliphatic rings. The number of rotatable bonds is 13. The number of benzene rings is 3. The number of aliphatic hydroxyl groups excluding tert-OH is 2.